The number of amides is 2. The zero-order valence-electron chi connectivity index (χ0n) is 14.2. The highest BCUT2D eigenvalue weighted by Crippen LogP contribution is 2.29. The first kappa shape index (κ1) is 18.1. The van der Waals surface area contributed by atoms with E-state index in [-0.39, 0.29) is 12.1 Å². The Morgan fingerprint density at radius 1 is 1.17 bits per heavy atom. The Morgan fingerprint density at radius 2 is 1.96 bits per heavy atom. The molecule has 2 amide bonds. The number of aryl methyl sites for hydroxylation is 1. The van der Waals surface area contributed by atoms with Crippen molar-refractivity contribution in [3.8, 4) is 11.5 Å². The summed E-state index contributed by atoms with van der Waals surface area (Å²) in [4.78, 5) is 14.4. The van der Waals surface area contributed by atoms with Crippen LogP contribution in [0.1, 0.15) is 15.9 Å². The number of ether oxygens (including phenoxy) is 3. The molecule has 1 atom stereocenters. The summed E-state index contributed by atoms with van der Waals surface area (Å²) in [5, 5.41) is 5.58. The van der Waals surface area contributed by atoms with Crippen molar-refractivity contribution in [3.05, 3.63) is 40.1 Å². The molecule has 2 aromatic rings. The van der Waals surface area contributed by atoms with Gasteiger partial charge in [0.25, 0.3) is 0 Å². The van der Waals surface area contributed by atoms with Gasteiger partial charge in [-0.1, -0.05) is 0 Å². The summed E-state index contributed by atoms with van der Waals surface area (Å²) < 4.78 is 15.9. The van der Waals surface area contributed by atoms with Gasteiger partial charge in [0.05, 0.1) is 26.5 Å². The van der Waals surface area contributed by atoms with Crippen LogP contribution in [-0.2, 0) is 4.74 Å². The molecular weight excluding hydrogens is 328 g/mol. The summed E-state index contributed by atoms with van der Waals surface area (Å²) in [7, 11) is 4.75. The molecule has 0 radical (unpaired) electrons. The summed E-state index contributed by atoms with van der Waals surface area (Å²) in [5.41, 5.74) is 0.566. The van der Waals surface area contributed by atoms with Crippen molar-refractivity contribution < 1.29 is 19.0 Å². The van der Waals surface area contributed by atoms with Crippen LogP contribution in [0.25, 0.3) is 0 Å². The molecule has 0 saturated carbocycles. The van der Waals surface area contributed by atoms with Gasteiger partial charge in [-0.2, -0.15) is 0 Å². The Morgan fingerprint density at radius 3 is 2.54 bits per heavy atom. The molecular formula is C17H22N2O4S. The molecule has 0 saturated heterocycles. The molecule has 0 aliphatic rings. The lowest BCUT2D eigenvalue weighted by Gasteiger charge is -2.16. The van der Waals surface area contributed by atoms with Gasteiger partial charge in [0.2, 0.25) is 0 Å². The standard InChI is InChI=1S/C17H22N2O4S/c1-11-5-8-16(24-11)15(23-4)10-18-17(20)19-13-7-6-12(21-2)9-14(13)22-3/h5-9,15H,10H2,1-4H3,(H2,18,19,20). The number of methoxy groups -OCH3 is 3. The second-order valence-electron chi connectivity index (χ2n) is 5.07. The summed E-state index contributed by atoms with van der Waals surface area (Å²) in [5.74, 6) is 1.19. The van der Waals surface area contributed by atoms with Gasteiger partial charge in [-0.05, 0) is 31.2 Å². The van der Waals surface area contributed by atoms with Crippen molar-refractivity contribution in [2.75, 3.05) is 33.2 Å². The van der Waals surface area contributed by atoms with Crippen LogP contribution in [0.3, 0.4) is 0 Å². The molecule has 7 heteroatoms. The van der Waals surface area contributed by atoms with Crippen molar-refractivity contribution in [1.82, 2.24) is 5.32 Å². The second kappa shape index (κ2) is 8.56. The zero-order valence-corrected chi connectivity index (χ0v) is 15.0. The first-order valence-electron chi connectivity index (χ1n) is 7.43. The van der Waals surface area contributed by atoms with Crippen molar-refractivity contribution in [1.29, 1.82) is 0 Å². The third kappa shape index (κ3) is 4.62. The number of hydrogen-bond acceptors (Lipinski definition) is 5. The molecule has 1 heterocycles. The first-order valence-corrected chi connectivity index (χ1v) is 8.25. The third-order valence-corrected chi connectivity index (χ3v) is 4.56. The molecule has 2 N–H and O–H groups in total. The van der Waals surface area contributed by atoms with Gasteiger partial charge in [-0.15, -0.1) is 11.3 Å². The van der Waals surface area contributed by atoms with Gasteiger partial charge in [-0.3, -0.25) is 0 Å². The second-order valence-corrected chi connectivity index (χ2v) is 6.39. The molecule has 1 unspecified atom stereocenters. The molecule has 2 rings (SSSR count). The quantitative estimate of drug-likeness (QED) is 0.801. The van der Waals surface area contributed by atoms with Gasteiger partial charge in [0.1, 0.15) is 17.6 Å². The molecule has 0 fully saturated rings. The van der Waals surface area contributed by atoms with Gasteiger partial charge >= 0.3 is 6.03 Å². The number of thiophene rings is 1. The van der Waals surface area contributed by atoms with Crippen LogP contribution in [0.5, 0.6) is 11.5 Å². The number of rotatable bonds is 7. The van der Waals surface area contributed by atoms with E-state index in [0.29, 0.717) is 23.7 Å². The number of hydrogen-bond donors (Lipinski definition) is 2. The Hall–Kier alpha value is -2.25. The van der Waals surface area contributed by atoms with E-state index < -0.39 is 0 Å². The topological polar surface area (TPSA) is 68.8 Å². The fourth-order valence-electron chi connectivity index (χ4n) is 2.18. The van der Waals surface area contributed by atoms with Crippen LogP contribution in [0.4, 0.5) is 10.5 Å². The normalized spacial score (nSPS) is 11.7. The number of anilines is 1. The van der Waals surface area contributed by atoms with Crippen molar-refractivity contribution in [2.24, 2.45) is 0 Å². The molecule has 1 aromatic carbocycles. The monoisotopic (exact) mass is 350 g/mol. The van der Waals surface area contributed by atoms with Crippen LogP contribution < -0.4 is 20.1 Å². The Balaban J connectivity index is 1.95. The lowest BCUT2D eigenvalue weighted by molar-refractivity contribution is 0.107. The van der Waals surface area contributed by atoms with Crippen LogP contribution in [0.15, 0.2) is 30.3 Å². The van der Waals surface area contributed by atoms with E-state index in [1.807, 2.05) is 19.1 Å². The first-order chi connectivity index (χ1) is 11.6. The minimum absolute atomic E-state index is 0.174. The smallest absolute Gasteiger partial charge is 0.319 e. The van der Waals surface area contributed by atoms with Crippen LogP contribution in [0, 0.1) is 6.92 Å². The summed E-state index contributed by atoms with van der Waals surface area (Å²) >= 11 is 1.66. The average Bonchev–Trinajstić information content (AvgIpc) is 3.02. The predicted octanol–water partition coefficient (Wildman–Crippen LogP) is 3.58. The maximum absolute atomic E-state index is 12.1. The van der Waals surface area contributed by atoms with Crippen molar-refractivity contribution in [2.45, 2.75) is 13.0 Å². The number of nitrogens with one attached hydrogen (secondary N) is 2. The number of carbonyl (C=O) groups is 1. The number of urea groups is 1. The maximum Gasteiger partial charge on any atom is 0.319 e. The molecule has 130 valence electrons. The minimum atomic E-state index is -0.325. The van der Waals surface area contributed by atoms with E-state index in [9.17, 15) is 4.79 Å². The number of benzene rings is 1. The SMILES string of the molecule is COc1ccc(NC(=O)NCC(OC)c2ccc(C)s2)c(OC)c1. The highest BCUT2D eigenvalue weighted by atomic mass is 32.1. The molecule has 0 bridgehead atoms. The Bertz CT molecular complexity index is 687. The fraction of sp³-hybridized carbons (Fsp3) is 0.353. The van der Waals surface area contributed by atoms with Gasteiger partial charge < -0.3 is 24.8 Å². The van der Waals surface area contributed by atoms with E-state index in [2.05, 4.69) is 10.6 Å². The predicted molar refractivity (Wildman–Crippen MR) is 95.4 cm³/mol. The van der Waals surface area contributed by atoms with Gasteiger partial charge in [0.15, 0.2) is 0 Å². The summed E-state index contributed by atoms with van der Waals surface area (Å²) in [6.07, 6.45) is -0.174. The Labute approximate surface area is 145 Å². The Kier molecular flexibility index (Phi) is 6.45. The highest BCUT2D eigenvalue weighted by molar-refractivity contribution is 7.12. The third-order valence-electron chi connectivity index (χ3n) is 3.47. The van der Waals surface area contributed by atoms with E-state index in [1.54, 1.807) is 43.8 Å². The number of carbonyl (C=O) groups excluding carboxylic acids is 1. The van der Waals surface area contributed by atoms with E-state index in [0.717, 1.165) is 4.88 Å². The van der Waals surface area contributed by atoms with Crippen LogP contribution in [-0.4, -0.2) is 33.9 Å². The molecule has 6 nitrogen and oxygen atoms in total. The average molecular weight is 350 g/mol. The van der Waals surface area contributed by atoms with Crippen LogP contribution >= 0.6 is 11.3 Å². The summed E-state index contributed by atoms with van der Waals surface area (Å²) in [6, 6.07) is 8.92. The van der Waals surface area contributed by atoms with Crippen molar-refractivity contribution in [3.63, 3.8) is 0 Å². The van der Waals surface area contributed by atoms with Gasteiger partial charge in [-0.25, -0.2) is 4.79 Å². The fourth-order valence-corrected chi connectivity index (χ4v) is 3.14. The molecule has 0 spiro atoms. The lowest BCUT2D eigenvalue weighted by atomic mass is 10.2. The minimum Gasteiger partial charge on any atom is -0.497 e. The molecule has 0 aliphatic carbocycles. The van der Waals surface area contributed by atoms with Gasteiger partial charge in [0, 0.05) is 22.9 Å². The summed E-state index contributed by atoms with van der Waals surface area (Å²) in [6.45, 7) is 2.41. The van der Waals surface area contributed by atoms with E-state index in [4.69, 9.17) is 14.2 Å². The largest absolute Gasteiger partial charge is 0.497 e. The molecule has 24 heavy (non-hydrogen) atoms. The van der Waals surface area contributed by atoms with Crippen molar-refractivity contribution >= 4 is 23.1 Å². The highest BCUT2D eigenvalue weighted by Gasteiger charge is 2.15. The maximum atomic E-state index is 12.1. The molecule has 1 aromatic heterocycles. The van der Waals surface area contributed by atoms with Crippen LogP contribution in [0.2, 0.25) is 0 Å². The van der Waals surface area contributed by atoms with E-state index in [1.165, 1.54) is 12.0 Å². The zero-order chi connectivity index (χ0) is 17.5. The molecule has 0 aliphatic heterocycles. The van der Waals surface area contributed by atoms with E-state index >= 15 is 0 Å². The lowest BCUT2D eigenvalue weighted by Crippen LogP contribution is -2.32.